The number of carbonyl (C=O) groups is 1. The van der Waals surface area contributed by atoms with Gasteiger partial charge in [-0.25, -0.2) is 27.5 Å². The summed E-state index contributed by atoms with van der Waals surface area (Å²) >= 11 is 6.44. The molecule has 2 amide bonds. The molecule has 186 valence electrons. The van der Waals surface area contributed by atoms with Gasteiger partial charge in [0.25, 0.3) is 10.0 Å². The number of sulfonamides is 1. The fourth-order valence-electron chi connectivity index (χ4n) is 3.33. The van der Waals surface area contributed by atoms with Gasteiger partial charge in [0.2, 0.25) is 0 Å². The maximum absolute atomic E-state index is 13.9. The van der Waals surface area contributed by atoms with Crippen molar-refractivity contribution in [3.63, 3.8) is 0 Å². The number of hydrogen-bond acceptors (Lipinski definition) is 7. The van der Waals surface area contributed by atoms with Crippen LogP contribution < -0.4 is 19.7 Å². The minimum atomic E-state index is -4.01. The van der Waals surface area contributed by atoms with Crippen LogP contribution in [-0.4, -0.2) is 38.7 Å². The number of nitrogens with zero attached hydrogens (tertiary/aromatic N) is 3. The number of anilines is 3. The van der Waals surface area contributed by atoms with E-state index in [1.54, 1.807) is 12.1 Å². The second-order valence-corrected chi connectivity index (χ2v) is 9.34. The quantitative estimate of drug-likeness (QED) is 0.350. The van der Waals surface area contributed by atoms with Crippen LogP contribution in [0.1, 0.15) is 0 Å². The highest BCUT2D eigenvalue weighted by Gasteiger charge is 2.25. The van der Waals surface area contributed by atoms with Crippen LogP contribution in [0.2, 0.25) is 5.02 Å². The van der Waals surface area contributed by atoms with Gasteiger partial charge in [0.15, 0.2) is 5.82 Å². The Morgan fingerprint density at radius 2 is 1.97 bits per heavy atom. The minimum Gasteiger partial charge on any atom is -0.494 e. The highest BCUT2D eigenvalue weighted by molar-refractivity contribution is 7.92. The molecule has 0 aliphatic heterocycles. The van der Waals surface area contributed by atoms with Crippen LogP contribution in [-0.2, 0) is 10.0 Å². The summed E-state index contributed by atoms with van der Waals surface area (Å²) in [5.74, 6) is -0.140. The van der Waals surface area contributed by atoms with Crippen LogP contribution in [0.4, 0.5) is 26.5 Å². The normalized spacial score (nSPS) is 11.1. The van der Waals surface area contributed by atoms with Crippen LogP contribution in [0.25, 0.3) is 11.1 Å². The number of benzene rings is 2. The maximum atomic E-state index is 13.9. The fourth-order valence-corrected chi connectivity index (χ4v) is 4.53. The van der Waals surface area contributed by atoms with Crippen molar-refractivity contribution in [1.29, 1.82) is 0 Å². The van der Waals surface area contributed by atoms with Gasteiger partial charge in [-0.05, 0) is 35.9 Å². The molecule has 0 saturated heterocycles. The molecule has 4 rings (SSSR count). The van der Waals surface area contributed by atoms with E-state index in [2.05, 4.69) is 24.7 Å². The summed E-state index contributed by atoms with van der Waals surface area (Å²) in [5, 5.41) is 6.31. The number of urea groups is 1. The number of ether oxygens (including phenoxy) is 1. The Morgan fingerprint density at radius 1 is 1.17 bits per heavy atom. The van der Waals surface area contributed by atoms with Gasteiger partial charge >= 0.3 is 6.03 Å². The van der Waals surface area contributed by atoms with Crippen molar-refractivity contribution >= 4 is 45.0 Å². The Bertz CT molecular complexity index is 1500. The Balaban J connectivity index is 1.78. The molecule has 0 saturated carbocycles. The van der Waals surface area contributed by atoms with Crippen molar-refractivity contribution in [2.45, 2.75) is 4.90 Å². The summed E-state index contributed by atoms with van der Waals surface area (Å²) < 4.78 is 51.4. The standard InChI is InChI=1S/C23H19ClFN5O5S/c1-26-23(31)30(22-7-6-16(13-27-22)36(32,33)29-21-8-9-35-28-21)19-11-17(18(24)12-20(19)34-2)14-4-3-5-15(25)10-14/h3-13H,1-2H3,(H,26,31)(H,28,29). The van der Waals surface area contributed by atoms with Gasteiger partial charge in [0.05, 0.1) is 17.8 Å². The first-order valence-corrected chi connectivity index (χ1v) is 12.1. The first-order valence-electron chi connectivity index (χ1n) is 10.3. The van der Waals surface area contributed by atoms with Crippen molar-refractivity contribution in [3.05, 3.63) is 77.9 Å². The molecule has 0 unspecified atom stereocenters. The third-order valence-electron chi connectivity index (χ3n) is 5.00. The van der Waals surface area contributed by atoms with Crippen molar-refractivity contribution in [2.24, 2.45) is 0 Å². The van der Waals surface area contributed by atoms with Crippen LogP contribution in [0.5, 0.6) is 5.75 Å². The Kier molecular flexibility index (Phi) is 7.08. The average molecular weight is 532 g/mol. The highest BCUT2D eigenvalue weighted by Crippen LogP contribution is 2.41. The van der Waals surface area contributed by atoms with E-state index in [1.807, 2.05) is 0 Å². The number of methoxy groups -OCH3 is 1. The highest BCUT2D eigenvalue weighted by atomic mass is 35.5. The first-order chi connectivity index (χ1) is 17.2. The summed E-state index contributed by atoms with van der Waals surface area (Å²) in [6.07, 6.45) is 2.31. The Morgan fingerprint density at radius 3 is 2.58 bits per heavy atom. The lowest BCUT2D eigenvalue weighted by atomic mass is 10.0. The molecule has 0 spiro atoms. The molecule has 0 bridgehead atoms. The number of halogens is 2. The van der Waals surface area contributed by atoms with Crippen LogP contribution in [0.15, 0.2) is 76.5 Å². The first kappa shape index (κ1) is 24.9. The fraction of sp³-hybridized carbons (Fsp3) is 0.0870. The molecule has 0 aliphatic carbocycles. The largest absolute Gasteiger partial charge is 0.494 e. The zero-order valence-electron chi connectivity index (χ0n) is 18.9. The minimum absolute atomic E-state index is 0.00171. The van der Waals surface area contributed by atoms with Crippen molar-refractivity contribution in [1.82, 2.24) is 15.5 Å². The van der Waals surface area contributed by atoms with Crippen molar-refractivity contribution in [3.8, 4) is 16.9 Å². The monoisotopic (exact) mass is 531 g/mol. The van der Waals surface area contributed by atoms with Gasteiger partial charge in [0, 0.05) is 30.9 Å². The SMILES string of the molecule is CNC(=O)N(c1ccc(S(=O)(=O)Nc2ccon2)cn1)c1cc(-c2cccc(F)c2)c(Cl)cc1OC. The number of rotatable bonds is 7. The van der Waals surface area contributed by atoms with Crippen molar-refractivity contribution in [2.75, 3.05) is 23.8 Å². The second-order valence-electron chi connectivity index (χ2n) is 7.25. The lowest BCUT2D eigenvalue weighted by molar-refractivity contribution is 0.250. The molecule has 2 heterocycles. The third kappa shape index (κ3) is 5.09. The summed E-state index contributed by atoms with van der Waals surface area (Å²) in [6.45, 7) is 0. The zero-order chi connectivity index (χ0) is 25.9. The van der Waals surface area contributed by atoms with Crippen LogP contribution >= 0.6 is 11.6 Å². The molecule has 13 heteroatoms. The third-order valence-corrected chi connectivity index (χ3v) is 6.65. The predicted octanol–water partition coefficient (Wildman–Crippen LogP) is 4.82. The van der Waals surface area contributed by atoms with Gasteiger partial charge in [0.1, 0.15) is 28.5 Å². The summed E-state index contributed by atoms with van der Waals surface area (Å²) in [5.41, 5.74) is 1.16. The molecule has 2 aromatic heterocycles. The lowest BCUT2D eigenvalue weighted by Crippen LogP contribution is -2.35. The Labute approximate surface area is 210 Å². The smallest absolute Gasteiger partial charge is 0.327 e. The molecule has 2 aromatic carbocycles. The van der Waals surface area contributed by atoms with Gasteiger partial charge in [-0.2, -0.15) is 0 Å². The number of amides is 2. The summed E-state index contributed by atoms with van der Waals surface area (Å²) in [4.78, 5) is 18.1. The average Bonchev–Trinajstić information content (AvgIpc) is 3.37. The molecule has 2 N–H and O–H groups in total. The summed E-state index contributed by atoms with van der Waals surface area (Å²) in [6, 6.07) is 12.2. The molecular formula is C23H19ClFN5O5S. The van der Waals surface area contributed by atoms with E-state index >= 15 is 0 Å². The second kappa shape index (κ2) is 10.2. The number of pyridine rings is 1. The zero-order valence-corrected chi connectivity index (χ0v) is 20.5. The number of aromatic nitrogens is 2. The number of hydrogen-bond donors (Lipinski definition) is 2. The van der Waals surface area contributed by atoms with E-state index in [0.717, 1.165) is 6.20 Å². The van der Waals surface area contributed by atoms with E-state index < -0.39 is 21.9 Å². The van der Waals surface area contributed by atoms with Gasteiger partial charge in [-0.1, -0.05) is 28.9 Å². The molecule has 0 radical (unpaired) electrons. The molecule has 36 heavy (non-hydrogen) atoms. The van der Waals surface area contributed by atoms with Gasteiger partial charge in [-0.15, -0.1) is 0 Å². The topological polar surface area (TPSA) is 127 Å². The van der Waals surface area contributed by atoms with E-state index in [4.69, 9.17) is 16.3 Å². The van der Waals surface area contributed by atoms with E-state index in [1.165, 1.54) is 67.8 Å². The summed E-state index contributed by atoms with van der Waals surface area (Å²) in [7, 11) is -1.19. The lowest BCUT2D eigenvalue weighted by Gasteiger charge is -2.24. The van der Waals surface area contributed by atoms with Crippen LogP contribution in [0.3, 0.4) is 0 Å². The van der Waals surface area contributed by atoms with E-state index in [-0.39, 0.29) is 33.0 Å². The predicted molar refractivity (Wildman–Crippen MR) is 132 cm³/mol. The van der Waals surface area contributed by atoms with Gasteiger partial charge in [-0.3, -0.25) is 4.72 Å². The Hall–Kier alpha value is -4.16. The number of carbonyl (C=O) groups excluding carboxylic acids is 1. The number of nitrogens with one attached hydrogen (secondary N) is 2. The van der Waals surface area contributed by atoms with Crippen LogP contribution in [0, 0.1) is 5.82 Å². The maximum Gasteiger partial charge on any atom is 0.327 e. The molecule has 10 nitrogen and oxygen atoms in total. The van der Waals surface area contributed by atoms with E-state index in [9.17, 15) is 17.6 Å². The van der Waals surface area contributed by atoms with Gasteiger partial charge < -0.3 is 14.6 Å². The molecule has 0 aliphatic rings. The molecule has 0 atom stereocenters. The molecule has 0 fully saturated rings. The van der Waals surface area contributed by atoms with E-state index in [0.29, 0.717) is 11.1 Å². The molecule has 4 aromatic rings. The van der Waals surface area contributed by atoms with Crippen molar-refractivity contribution < 1.29 is 26.9 Å². The molecular weight excluding hydrogens is 513 g/mol.